The Morgan fingerprint density at radius 2 is 1.67 bits per heavy atom. The highest BCUT2D eigenvalue weighted by molar-refractivity contribution is 6.01. The van der Waals surface area contributed by atoms with Gasteiger partial charge < -0.3 is 20.1 Å². The highest BCUT2D eigenvalue weighted by Gasteiger charge is 2.29. The van der Waals surface area contributed by atoms with Crippen molar-refractivity contribution in [2.75, 3.05) is 17.2 Å². The molecule has 168 valence electrons. The third kappa shape index (κ3) is 5.23. The van der Waals surface area contributed by atoms with Gasteiger partial charge in [0.1, 0.15) is 12.4 Å². The Hall–Kier alpha value is -4.06. The third-order valence-corrected chi connectivity index (χ3v) is 5.45. The van der Waals surface area contributed by atoms with Crippen LogP contribution in [0.25, 0.3) is 6.08 Å². The molecule has 2 amide bonds. The van der Waals surface area contributed by atoms with E-state index in [0.29, 0.717) is 17.0 Å². The van der Waals surface area contributed by atoms with Gasteiger partial charge in [0.2, 0.25) is 0 Å². The second-order valence-electron chi connectivity index (χ2n) is 8.29. The highest BCUT2D eigenvalue weighted by Crippen LogP contribution is 2.33. The molecule has 0 saturated carbocycles. The molecule has 1 aliphatic rings. The first-order valence-corrected chi connectivity index (χ1v) is 10.7. The maximum Gasteiger partial charge on any atom is 0.338 e. The van der Waals surface area contributed by atoms with Gasteiger partial charge in [0.15, 0.2) is 5.60 Å². The van der Waals surface area contributed by atoms with Crippen molar-refractivity contribution in [3.05, 3.63) is 95.1 Å². The Morgan fingerprint density at radius 3 is 2.39 bits per heavy atom. The first-order chi connectivity index (χ1) is 15.8. The molecule has 3 aromatic rings. The van der Waals surface area contributed by atoms with Gasteiger partial charge in [-0.3, -0.25) is 0 Å². The number of fused-ring (bicyclic) bond motifs is 1. The van der Waals surface area contributed by atoms with Gasteiger partial charge in [0.25, 0.3) is 0 Å². The van der Waals surface area contributed by atoms with Gasteiger partial charge in [-0.25, -0.2) is 9.59 Å². The van der Waals surface area contributed by atoms with E-state index in [1.54, 1.807) is 36.4 Å². The van der Waals surface area contributed by atoms with E-state index in [0.717, 1.165) is 22.4 Å². The van der Waals surface area contributed by atoms with Gasteiger partial charge in [-0.15, -0.1) is 0 Å². The van der Waals surface area contributed by atoms with E-state index in [2.05, 4.69) is 10.6 Å². The topological polar surface area (TPSA) is 76.7 Å². The fraction of sp³-hybridized carbons (Fsp3) is 0.185. The number of esters is 1. The summed E-state index contributed by atoms with van der Waals surface area (Å²) in [6, 6.07) is 19.8. The van der Waals surface area contributed by atoms with Crippen LogP contribution in [0.4, 0.5) is 16.2 Å². The van der Waals surface area contributed by atoms with Crippen molar-refractivity contribution in [2.24, 2.45) is 0 Å². The molecular formula is C27H26N2O4. The molecule has 0 spiro atoms. The van der Waals surface area contributed by atoms with Crippen LogP contribution in [-0.4, -0.2) is 24.2 Å². The van der Waals surface area contributed by atoms with Crippen molar-refractivity contribution < 1.29 is 19.1 Å². The van der Waals surface area contributed by atoms with Crippen LogP contribution in [0.1, 0.15) is 34.0 Å². The number of para-hydroxylation sites is 1. The highest BCUT2D eigenvalue weighted by atomic mass is 16.6. The second kappa shape index (κ2) is 9.20. The lowest BCUT2D eigenvalue weighted by Crippen LogP contribution is -2.38. The number of ether oxygens (including phenoxy) is 2. The lowest BCUT2D eigenvalue weighted by molar-refractivity contribution is 0.0140. The van der Waals surface area contributed by atoms with Crippen LogP contribution >= 0.6 is 0 Å². The predicted molar refractivity (Wildman–Crippen MR) is 130 cm³/mol. The Morgan fingerprint density at radius 1 is 0.939 bits per heavy atom. The van der Waals surface area contributed by atoms with Crippen LogP contribution in [0.15, 0.2) is 72.8 Å². The zero-order chi connectivity index (χ0) is 23.4. The van der Waals surface area contributed by atoms with E-state index in [1.807, 2.05) is 63.3 Å². The first kappa shape index (κ1) is 22.1. The fourth-order valence-electron chi connectivity index (χ4n) is 3.63. The summed E-state index contributed by atoms with van der Waals surface area (Å²) >= 11 is 0. The van der Waals surface area contributed by atoms with E-state index in [4.69, 9.17) is 9.47 Å². The number of amides is 2. The van der Waals surface area contributed by atoms with E-state index in [9.17, 15) is 9.59 Å². The van der Waals surface area contributed by atoms with Crippen molar-refractivity contribution in [1.29, 1.82) is 0 Å². The van der Waals surface area contributed by atoms with Gasteiger partial charge in [-0.05, 0) is 68.3 Å². The van der Waals surface area contributed by atoms with E-state index in [1.165, 1.54) is 0 Å². The summed E-state index contributed by atoms with van der Waals surface area (Å²) < 4.78 is 11.6. The van der Waals surface area contributed by atoms with Crippen molar-refractivity contribution in [3.63, 3.8) is 0 Å². The van der Waals surface area contributed by atoms with Crippen LogP contribution in [-0.2, 0) is 4.74 Å². The molecule has 3 aromatic carbocycles. The Bertz CT molecular complexity index is 1200. The molecule has 6 nitrogen and oxygen atoms in total. The molecule has 2 N–H and O–H groups in total. The summed E-state index contributed by atoms with van der Waals surface area (Å²) in [5, 5.41) is 5.78. The number of hydrogen-bond acceptors (Lipinski definition) is 4. The zero-order valence-electron chi connectivity index (χ0n) is 18.8. The average molecular weight is 443 g/mol. The number of aryl methyl sites for hydroxylation is 2. The maximum absolute atomic E-state index is 12.5. The first-order valence-electron chi connectivity index (χ1n) is 10.7. The minimum absolute atomic E-state index is 0.0782. The largest absolute Gasteiger partial charge is 0.479 e. The molecule has 0 fully saturated rings. The number of carbonyl (C=O) groups excluding carboxylic acids is 2. The molecule has 1 aliphatic heterocycles. The van der Waals surface area contributed by atoms with Gasteiger partial charge in [-0.2, -0.15) is 0 Å². The summed E-state index contributed by atoms with van der Waals surface area (Å²) in [6.45, 7) is 5.85. The Balaban J connectivity index is 1.39. The molecule has 0 aromatic heterocycles. The van der Waals surface area contributed by atoms with Gasteiger partial charge in [0.05, 0.1) is 5.56 Å². The second-order valence-corrected chi connectivity index (χ2v) is 8.29. The zero-order valence-corrected chi connectivity index (χ0v) is 18.8. The Kier molecular flexibility index (Phi) is 6.18. The molecule has 0 saturated heterocycles. The number of benzene rings is 3. The van der Waals surface area contributed by atoms with Crippen LogP contribution in [0.5, 0.6) is 5.75 Å². The normalized spacial score (nSPS) is 16.3. The summed E-state index contributed by atoms with van der Waals surface area (Å²) in [5.74, 6) is 0.255. The average Bonchev–Trinajstić information content (AvgIpc) is 2.81. The number of hydrogen-bond donors (Lipinski definition) is 2. The monoisotopic (exact) mass is 442 g/mol. The van der Waals surface area contributed by atoms with E-state index < -0.39 is 11.6 Å². The number of rotatable bonds is 5. The SMILES string of the molecule is Cc1cccc(C)c1NC(=O)Nc1ccc2c(c1)C=CC(C)(COC(=O)c1ccccc1)O2. The summed E-state index contributed by atoms with van der Waals surface area (Å²) in [5.41, 5.74) is 3.98. The molecule has 0 bridgehead atoms. The maximum atomic E-state index is 12.5. The van der Waals surface area contributed by atoms with Crippen molar-refractivity contribution in [1.82, 2.24) is 0 Å². The van der Waals surface area contributed by atoms with Crippen molar-refractivity contribution in [2.45, 2.75) is 26.4 Å². The fourth-order valence-corrected chi connectivity index (χ4v) is 3.63. The summed E-state index contributed by atoms with van der Waals surface area (Å²) in [6.07, 6.45) is 3.76. The molecular weight excluding hydrogens is 416 g/mol. The van der Waals surface area contributed by atoms with Crippen LogP contribution in [0, 0.1) is 13.8 Å². The van der Waals surface area contributed by atoms with E-state index >= 15 is 0 Å². The van der Waals surface area contributed by atoms with Crippen LogP contribution in [0.2, 0.25) is 0 Å². The quantitative estimate of drug-likeness (QED) is 0.478. The predicted octanol–water partition coefficient (Wildman–Crippen LogP) is 5.97. The molecule has 4 rings (SSSR count). The Labute approximate surface area is 193 Å². The smallest absolute Gasteiger partial charge is 0.338 e. The minimum Gasteiger partial charge on any atom is -0.479 e. The molecule has 6 heteroatoms. The molecule has 1 heterocycles. The number of nitrogens with one attached hydrogen (secondary N) is 2. The summed E-state index contributed by atoms with van der Waals surface area (Å²) in [4.78, 5) is 24.8. The van der Waals surface area contributed by atoms with Crippen LogP contribution < -0.4 is 15.4 Å². The van der Waals surface area contributed by atoms with Gasteiger partial charge >= 0.3 is 12.0 Å². The minimum atomic E-state index is -0.786. The van der Waals surface area contributed by atoms with Gasteiger partial charge in [-0.1, -0.05) is 42.5 Å². The molecule has 0 radical (unpaired) electrons. The number of anilines is 2. The lowest BCUT2D eigenvalue weighted by Gasteiger charge is -2.31. The lowest BCUT2D eigenvalue weighted by atomic mass is 10.0. The third-order valence-electron chi connectivity index (χ3n) is 5.45. The van der Waals surface area contributed by atoms with Crippen molar-refractivity contribution in [3.8, 4) is 5.75 Å². The van der Waals surface area contributed by atoms with Gasteiger partial charge in [0, 0.05) is 16.9 Å². The number of carbonyl (C=O) groups is 2. The standard InChI is InChI=1S/C27H26N2O4/c1-18-8-7-9-19(2)24(18)29-26(31)28-22-12-13-23-21(16-22)14-15-27(3,33-23)17-32-25(30)20-10-5-4-6-11-20/h4-16H,17H2,1-3H3,(H2,28,29,31). The summed E-state index contributed by atoms with van der Waals surface area (Å²) in [7, 11) is 0. The van der Waals surface area contributed by atoms with E-state index in [-0.39, 0.29) is 12.6 Å². The van der Waals surface area contributed by atoms with Crippen LogP contribution in [0.3, 0.4) is 0 Å². The van der Waals surface area contributed by atoms with Crippen molar-refractivity contribution >= 4 is 29.5 Å². The molecule has 0 aliphatic carbocycles. The number of urea groups is 1. The molecule has 1 unspecified atom stereocenters. The molecule has 1 atom stereocenters. The molecule has 33 heavy (non-hydrogen) atoms.